The Hall–Kier alpha value is -3.60. The Labute approximate surface area is 162 Å². The Kier molecular flexibility index (Phi) is 5.06. The van der Waals surface area contributed by atoms with E-state index in [9.17, 15) is 9.59 Å². The number of alkyl carbamates (subject to hydrolysis) is 1. The topological polar surface area (TPSA) is 71.2 Å². The summed E-state index contributed by atoms with van der Waals surface area (Å²) in [6.45, 7) is 0.562. The molecule has 4 rings (SSSR count). The van der Waals surface area contributed by atoms with Crippen LogP contribution < -0.4 is 10.9 Å². The van der Waals surface area contributed by atoms with Gasteiger partial charge in [-0.15, -0.1) is 0 Å². The standard InChI is InChI=1S/C23H20N2O3/c26-22-16(7-5-13-24-22)8-6-14-25-23(27)28-15-21-19-11-3-1-9-17(19)18-10-2-4-12-20(18)21/h1-13,21H,14-15H2,(H,24,26)(H,25,27). The molecule has 0 unspecified atom stereocenters. The maximum absolute atomic E-state index is 12.1. The first kappa shape index (κ1) is 17.8. The van der Waals surface area contributed by atoms with Crippen molar-refractivity contribution in [1.29, 1.82) is 0 Å². The van der Waals surface area contributed by atoms with E-state index in [0.29, 0.717) is 5.56 Å². The smallest absolute Gasteiger partial charge is 0.407 e. The summed E-state index contributed by atoms with van der Waals surface area (Å²) in [5.41, 5.74) is 5.13. The highest BCUT2D eigenvalue weighted by Gasteiger charge is 2.28. The molecule has 2 N–H and O–H groups in total. The molecule has 1 heterocycles. The molecule has 0 saturated heterocycles. The van der Waals surface area contributed by atoms with E-state index in [1.807, 2.05) is 24.3 Å². The summed E-state index contributed by atoms with van der Waals surface area (Å²) in [5.74, 6) is 0.0385. The minimum absolute atomic E-state index is 0.0385. The monoisotopic (exact) mass is 372 g/mol. The Bertz CT molecular complexity index is 1040. The summed E-state index contributed by atoms with van der Waals surface area (Å²) < 4.78 is 5.46. The molecule has 1 aromatic heterocycles. The van der Waals surface area contributed by atoms with Gasteiger partial charge < -0.3 is 15.0 Å². The number of aromatic nitrogens is 1. The number of carbonyl (C=O) groups excluding carboxylic acids is 1. The van der Waals surface area contributed by atoms with Crippen LogP contribution in [0.1, 0.15) is 22.6 Å². The molecule has 28 heavy (non-hydrogen) atoms. The molecule has 0 saturated carbocycles. The SMILES string of the molecule is O=C(NCC=Cc1ccc[nH]c1=O)OCC1c2ccccc2-c2ccccc21. The predicted octanol–water partition coefficient (Wildman–Crippen LogP) is 3.93. The third-order valence-electron chi connectivity index (χ3n) is 4.85. The van der Waals surface area contributed by atoms with Crippen molar-refractivity contribution in [2.24, 2.45) is 0 Å². The number of H-pyrrole nitrogens is 1. The van der Waals surface area contributed by atoms with Crippen LogP contribution >= 0.6 is 0 Å². The normalized spacial score (nSPS) is 12.6. The molecule has 1 aliphatic rings. The van der Waals surface area contributed by atoms with Crippen LogP contribution in [0.25, 0.3) is 17.2 Å². The number of benzene rings is 2. The van der Waals surface area contributed by atoms with Gasteiger partial charge in [0.2, 0.25) is 0 Å². The van der Waals surface area contributed by atoms with Gasteiger partial charge in [-0.1, -0.05) is 60.7 Å². The molecule has 0 radical (unpaired) electrons. The number of hydrogen-bond donors (Lipinski definition) is 2. The van der Waals surface area contributed by atoms with Gasteiger partial charge in [-0.2, -0.15) is 0 Å². The van der Waals surface area contributed by atoms with Crippen molar-refractivity contribution < 1.29 is 9.53 Å². The van der Waals surface area contributed by atoms with Crippen LogP contribution in [0.4, 0.5) is 4.79 Å². The van der Waals surface area contributed by atoms with Crippen LogP contribution in [0.3, 0.4) is 0 Å². The lowest BCUT2D eigenvalue weighted by atomic mass is 9.98. The second-order valence-corrected chi connectivity index (χ2v) is 6.56. The van der Waals surface area contributed by atoms with Crippen LogP contribution in [-0.2, 0) is 4.74 Å². The average molecular weight is 372 g/mol. The highest BCUT2D eigenvalue weighted by atomic mass is 16.5. The van der Waals surface area contributed by atoms with Crippen LogP contribution in [0, 0.1) is 0 Å². The second-order valence-electron chi connectivity index (χ2n) is 6.56. The first-order valence-corrected chi connectivity index (χ1v) is 9.17. The van der Waals surface area contributed by atoms with Gasteiger partial charge in [0.25, 0.3) is 5.56 Å². The van der Waals surface area contributed by atoms with E-state index in [4.69, 9.17) is 4.74 Å². The molecule has 0 bridgehead atoms. The molecule has 0 atom stereocenters. The van der Waals surface area contributed by atoms with E-state index < -0.39 is 6.09 Å². The lowest BCUT2D eigenvalue weighted by Crippen LogP contribution is -2.26. The molecule has 2 aromatic carbocycles. The molecule has 0 aliphatic heterocycles. The maximum atomic E-state index is 12.1. The molecule has 1 amide bonds. The van der Waals surface area contributed by atoms with Gasteiger partial charge in [0, 0.05) is 24.2 Å². The quantitative estimate of drug-likeness (QED) is 0.713. The first-order chi connectivity index (χ1) is 13.7. The van der Waals surface area contributed by atoms with Gasteiger partial charge in [-0.25, -0.2) is 4.79 Å². The van der Waals surface area contributed by atoms with E-state index in [-0.39, 0.29) is 24.6 Å². The van der Waals surface area contributed by atoms with Gasteiger partial charge in [0.05, 0.1) is 0 Å². The van der Waals surface area contributed by atoms with Gasteiger partial charge in [-0.05, 0) is 34.4 Å². The van der Waals surface area contributed by atoms with Gasteiger partial charge in [0.1, 0.15) is 6.61 Å². The van der Waals surface area contributed by atoms with Crippen molar-refractivity contribution in [3.05, 3.63) is 100.0 Å². The third-order valence-corrected chi connectivity index (χ3v) is 4.85. The predicted molar refractivity (Wildman–Crippen MR) is 109 cm³/mol. The third kappa shape index (κ3) is 3.60. The van der Waals surface area contributed by atoms with Crippen LogP contribution in [0.2, 0.25) is 0 Å². The largest absolute Gasteiger partial charge is 0.449 e. The summed E-state index contributed by atoms with van der Waals surface area (Å²) in [6.07, 6.45) is 4.48. The van der Waals surface area contributed by atoms with Crippen LogP contribution in [0.15, 0.2) is 77.7 Å². The van der Waals surface area contributed by atoms with E-state index in [1.165, 1.54) is 22.3 Å². The number of nitrogens with one attached hydrogen (secondary N) is 2. The zero-order chi connectivity index (χ0) is 19.3. The number of amides is 1. The van der Waals surface area contributed by atoms with Crippen molar-refractivity contribution in [2.45, 2.75) is 5.92 Å². The van der Waals surface area contributed by atoms with Crippen molar-refractivity contribution in [2.75, 3.05) is 13.2 Å². The maximum Gasteiger partial charge on any atom is 0.407 e. The van der Waals surface area contributed by atoms with Crippen molar-refractivity contribution in [3.8, 4) is 11.1 Å². The molecule has 0 spiro atoms. The number of pyridine rings is 1. The highest BCUT2D eigenvalue weighted by molar-refractivity contribution is 5.79. The molecule has 5 nitrogen and oxygen atoms in total. The molecule has 140 valence electrons. The van der Waals surface area contributed by atoms with E-state index in [2.05, 4.69) is 34.6 Å². The Morgan fingerprint density at radius 1 is 1.00 bits per heavy atom. The van der Waals surface area contributed by atoms with Gasteiger partial charge in [0.15, 0.2) is 0 Å². The number of carbonyl (C=O) groups is 1. The van der Waals surface area contributed by atoms with E-state index in [0.717, 1.165) is 0 Å². The molecular formula is C23H20N2O3. The minimum atomic E-state index is -0.478. The molecule has 0 fully saturated rings. The molecule has 5 heteroatoms. The van der Waals surface area contributed by atoms with E-state index in [1.54, 1.807) is 30.5 Å². The van der Waals surface area contributed by atoms with Gasteiger partial charge in [-0.3, -0.25) is 4.79 Å². The lowest BCUT2D eigenvalue weighted by Gasteiger charge is -2.14. The molecule has 1 aliphatic carbocycles. The second kappa shape index (κ2) is 7.96. The molecule has 3 aromatic rings. The first-order valence-electron chi connectivity index (χ1n) is 9.17. The van der Waals surface area contributed by atoms with E-state index >= 15 is 0 Å². The zero-order valence-electron chi connectivity index (χ0n) is 15.2. The fourth-order valence-electron chi connectivity index (χ4n) is 3.54. The van der Waals surface area contributed by atoms with Crippen LogP contribution in [-0.4, -0.2) is 24.2 Å². The summed E-state index contributed by atoms with van der Waals surface area (Å²) in [7, 11) is 0. The Balaban J connectivity index is 1.35. The average Bonchev–Trinajstić information content (AvgIpc) is 3.05. The summed E-state index contributed by atoms with van der Waals surface area (Å²) in [6, 6.07) is 19.9. The fraction of sp³-hybridized carbons (Fsp3) is 0.130. The number of ether oxygens (including phenoxy) is 1. The number of aromatic amines is 1. The minimum Gasteiger partial charge on any atom is -0.449 e. The summed E-state index contributed by atoms with van der Waals surface area (Å²) in [5, 5.41) is 2.68. The summed E-state index contributed by atoms with van der Waals surface area (Å²) >= 11 is 0. The number of rotatable bonds is 5. The zero-order valence-corrected chi connectivity index (χ0v) is 15.2. The van der Waals surface area contributed by atoms with Gasteiger partial charge >= 0.3 is 6.09 Å². The Morgan fingerprint density at radius 2 is 1.68 bits per heavy atom. The highest BCUT2D eigenvalue weighted by Crippen LogP contribution is 2.44. The van der Waals surface area contributed by atoms with Crippen molar-refractivity contribution >= 4 is 12.2 Å². The van der Waals surface area contributed by atoms with Crippen LogP contribution in [0.5, 0.6) is 0 Å². The van der Waals surface area contributed by atoms with Crippen molar-refractivity contribution in [3.63, 3.8) is 0 Å². The van der Waals surface area contributed by atoms with Crippen molar-refractivity contribution in [1.82, 2.24) is 10.3 Å². The number of hydrogen-bond acceptors (Lipinski definition) is 3. The Morgan fingerprint density at radius 3 is 2.36 bits per heavy atom. The molecular weight excluding hydrogens is 352 g/mol. The number of fused-ring (bicyclic) bond motifs is 3. The lowest BCUT2D eigenvalue weighted by molar-refractivity contribution is 0.144. The fourth-order valence-corrected chi connectivity index (χ4v) is 3.54. The summed E-state index contributed by atoms with van der Waals surface area (Å²) in [4.78, 5) is 26.2.